The van der Waals surface area contributed by atoms with Crippen molar-refractivity contribution in [2.24, 2.45) is 0 Å². The Bertz CT molecular complexity index is 888. The number of ether oxygens (including phenoxy) is 5. The van der Waals surface area contributed by atoms with Crippen molar-refractivity contribution in [3.63, 3.8) is 0 Å². The van der Waals surface area contributed by atoms with E-state index in [9.17, 15) is 0 Å². The molecule has 2 fully saturated rings. The molecule has 28 heavy (non-hydrogen) atoms. The number of methoxy groups -OCH3 is 1. The number of fused-ring (bicyclic) bond motifs is 2. The molecule has 2 N–H and O–H groups in total. The Morgan fingerprint density at radius 2 is 2.00 bits per heavy atom. The number of nitrogens with two attached hydrogens (primary N) is 1. The summed E-state index contributed by atoms with van der Waals surface area (Å²) in [6.45, 7) is 7.66. The molecule has 154 valence electrons. The van der Waals surface area contributed by atoms with Crippen molar-refractivity contribution in [3.05, 3.63) is 11.6 Å². The molecule has 0 spiro atoms. The predicted octanol–water partition coefficient (Wildman–Crippen LogP) is 1.88. The fourth-order valence-electron chi connectivity index (χ4n) is 3.46. The van der Waals surface area contributed by atoms with Gasteiger partial charge in [-0.1, -0.05) is 0 Å². The van der Waals surface area contributed by atoms with Crippen LogP contribution in [-0.2, 0) is 23.7 Å². The van der Waals surface area contributed by atoms with Crippen LogP contribution >= 0.6 is 11.6 Å². The number of rotatable bonds is 5. The van der Waals surface area contributed by atoms with E-state index in [1.54, 1.807) is 18.0 Å². The van der Waals surface area contributed by atoms with E-state index in [0.717, 1.165) is 0 Å². The van der Waals surface area contributed by atoms with Crippen LogP contribution in [0.4, 0.5) is 5.82 Å². The molecule has 4 rings (SSSR count). The van der Waals surface area contributed by atoms with Gasteiger partial charge in [-0.05, 0) is 39.3 Å². The third-order valence-corrected chi connectivity index (χ3v) is 5.08. The maximum absolute atomic E-state index is 6.24. The lowest BCUT2D eigenvalue weighted by atomic mass is 10.1. The van der Waals surface area contributed by atoms with E-state index < -0.39 is 17.8 Å². The molecular weight excluding hydrogens is 390 g/mol. The highest BCUT2D eigenvalue weighted by Crippen LogP contribution is 2.44. The van der Waals surface area contributed by atoms with Crippen molar-refractivity contribution in [2.75, 3.05) is 19.5 Å². The first kappa shape index (κ1) is 19.7. The number of halogens is 1. The Morgan fingerprint density at radius 1 is 1.29 bits per heavy atom. The molecule has 0 aliphatic carbocycles. The molecule has 0 radical (unpaired) electrons. The Labute approximate surface area is 167 Å². The van der Waals surface area contributed by atoms with Crippen LogP contribution in [0.15, 0.2) is 6.33 Å². The first-order valence-corrected chi connectivity index (χ1v) is 9.34. The van der Waals surface area contributed by atoms with Gasteiger partial charge in [-0.15, -0.1) is 0 Å². The first-order chi connectivity index (χ1) is 13.1. The number of hydrogen-bond donors (Lipinski definition) is 1. The summed E-state index contributed by atoms with van der Waals surface area (Å²) < 4.78 is 31.4. The minimum Gasteiger partial charge on any atom is -0.382 e. The zero-order valence-electron chi connectivity index (χ0n) is 16.4. The normalized spacial score (nSPS) is 29.5. The van der Waals surface area contributed by atoms with E-state index in [1.807, 2.05) is 27.7 Å². The zero-order chi connectivity index (χ0) is 20.3. The average molecular weight is 414 g/mol. The fourth-order valence-corrected chi connectivity index (χ4v) is 3.63. The lowest BCUT2D eigenvalue weighted by molar-refractivity contribution is -0.235. The van der Waals surface area contributed by atoms with Crippen LogP contribution < -0.4 is 5.73 Å². The standard InChI is InChI=1S/C17H24ClN5O5/c1-16(2,24-5)25-6-8-10-11(28-17(3,4)27-10)14(26-8)23-7-20-9-12(19)21-15(18)22-13(9)23/h7-8,10-11,14H,6H2,1-5H3,(H2,19,21,22)/t8-,10+,11+,14-/m1/s1. The molecule has 2 aliphatic rings. The Morgan fingerprint density at radius 3 is 2.71 bits per heavy atom. The molecule has 2 aromatic heterocycles. The smallest absolute Gasteiger partial charge is 0.226 e. The van der Waals surface area contributed by atoms with Gasteiger partial charge in [-0.2, -0.15) is 9.97 Å². The number of nitrogens with zero attached hydrogens (tertiary/aromatic N) is 4. The first-order valence-electron chi connectivity index (χ1n) is 8.96. The molecule has 10 nitrogen and oxygen atoms in total. The number of imidazole rings is 1. The van der Waals surface area contributed by atoms with Crippen molar-refractivity contribution in [3.8, 4) is 0 Å². The molecule has 2 aromatic rings. The molecule has 0 saturated carbocycles. The summed E-state index contributed by atoms with van der Waals surface area (Å²) in [7, 11) is 1.59. The molecule has 2 saturated heterocycles. The van der Waals surface area contributed by atoms with Gasteiger partial charge in [0, 0.05) is 7.11 Å². The summed E-state index contributed by atoms with van der Waals surface area (Å²) in [5.41, 5.74) is 6.83. The second kappa shape index (κ2) is 6.75. The summed E-state index contributed by atoms with van der Waals surface area (Å²) in [5, 5.41) is 0.0342. The number of anilines is 1. The summed E-state index contributed by atoms with van der Waals surface area (Å²) >= 11 is 5.99. The second-order valence-corrected chi connectivity index (χ2v) is 8.08. The summed E-state index contributed by atoms with van der Waals surface area (Å²) in [6, 6.07) is 0. The van der Waals surface area contributed by atoms with Crippen molar-refractivity contribution in [2.45, 2.75) is 63.8 Å². The number of nitrogen functional groups attached to an aromatic ring is 1. The van der Waals surface area contributed by atoms with Crippen LogP contribution in [0.1, 0.15) is 33.9 Å². The maximum atomic E-state index is 6.24. The monoisotopic (exact) mass is 413 g/mol. The van der Waals surface area contributed by atoms with Crippen LogP contribution in [0.2, 0.25) is 5.28 Å². The maximum Gasteiger partial charge on any atom is 0.226 e. The summed E-state index contributed by atoms with van der Waals surface area (Å²) in [6.07, 6.45) is -0.0498. The molecule has 4 heterocycles. The highest BCUT2D eigenvalue weighted by molar-refractivity contribution is 6.28. The topological polar surface area (TPSA) is 116 Å². The van der Waals surface area contributed by atoms with Gasteiger partial charge < -0.3 is 29.4 Å². The number of hydrogen-bond acceptors (Lipinski definition) is 9. The molecule has 4 atom stereocenters. The quantitative estimate of drug-likeness (QED) is 0.579. The van der Waals surface area contributed by atoms with Gasteiger partial charge in [0.15, 0.2) is 29.3 Å². The number of aromatic nitrogens is 4. The third kappa shape index (κ3) is 3.44. The van der Waals surface area contributed by atoms with E-state index in [2.05, 4.69) is 15.0 Å². The van der Waals surface area contributed by atoms with Crippen LogP contribution in [-0.4, -0.2) is 63.1 Å². The highest BCUT2D eigenvalue weighted by Gasteiger charge is 2.56. The Balaban J connectivity index is 1.66. The minimum atomic E-state index is -0.756. The van der Waals surface area contributed by atoms with Gasteiger partial charge in [-0.3, -0.25) is 4.57 Å². The zero-order valence-corrected chi connectivity index (χ0v) is 17.1. The molecule has 0 aromatic carbocycles. The average Bonchev–Trinajstić information content (AvgIpc) is 3.24. The molecule has 0 unspecified atom stereocenters. The molecular formula is C17H24ClN5O5. The predicted molar refractivity (Wildman–Crippen MR) is 99.5 cm³/mol. The lowest BCUT2D eigenvalue weighted by Crippen LogP contribution is -2.37. The Kier molecular flexibility index (Phi) is 4.76. The highest BCUT2D eigenvalue weighted by atomic mass is 35.5. The van der Waals surface area contributed by atoms with Crippen molar-refractivity contribution >= 4 is 28.6 Å². The van der Waals surface area contributed by atoms with Crippen molar-refractivity contribution in [1.29, 1.82) is 0 Å². The van der Waals surface area contributed by atoms with E-state index in [4.69, 9.17) is 41.0 Å². The van der Waals surface area contributed by atoms with E-state index >= 15 is 0 Å². The van der Waals surface area contributed by atoms with Gasteiger partial charge in [0.1, 0.15) is 23.8 Å². The largest absolute Gasteiger partial charge is 0.382 e. The van der Waals surface area contributed by atoms with Crippen molar-refractivity contribution in [1.82, 2.24) is 19.5 Å². The van der Waals surface area contributed by atoms with Crippen LogP contribution in [0.5, 0.6) is 0 Å². The van der Waals surface area contributed by atoms with Gasteiger partial charge in [0.25, 0.3) is 0 Å². The molecule has 0 amide bonds. The minimum absolute atomic E-state index is 0.0342. The van der Waals surface area contributed by atoms with Crippen LogP contribution in [0, 0.1) is 0 Å². The van der Waals surface area contributed by atoms with E-state index in [1.165, 1.54) is 0 Å². The van der Waals surface area contributed by atoms with E-state index in [-0.39, 0.29) is 36.0 Å². The SMILES string of the molecule is COC(C)(C)OC[C@H]1O[C@@H](n2cnc3c(N)nc(Cl)nc32)[C@H]2OC(C)(C)O[C@H]21. The van der Waals surface area contributed by atoms with Crippen LogP contribution in [0.25, 0.3) is 11.2 Å². The van der Waals surface area contributed by atoms with Crippen LogP contribution in [0.3, 0.4) is 0 Å². The molecule has 0 bridgehead atoms. The molecule has 2 aliphatic heterocycles. The summed E-state index contributed by atoms with van der Waals surface area (Å²) in [4.78, 5) is 12.5. The summed E-state index contributed by atoms with van der Waals surface area (Å²) in [5.74, 6) is -1.30. The fraction of sp³-hybridized carbons (Fsp3) is 0.706. The third-order valence-electron chi connectivity index (χ3n) is 4.91. The van der Waals surface area contributed by atoms with Gasteiger partial charge in [-0.25, -0.2) is 4.98 Å². The van der Waals surface area contributed by atoms with E-state index in [0.29, 0.717) is 11.2 Å². The Hall–Kier alpha value is -1.56. The van der Waals surface area contributed by atoms with Gasteiger partial charge in [0.05, 0.1) is 12.9 Å². The lowest BCUT2D eigenvalue weighted by Gasteiger charge is -2.28. The molecule has 11 heteroatoms. The second-order valence-electron chi connectivity index (χ2n) is 7.75. The van der Waals surface area contributed by atoms with Gasteiger partial charge in [0.2, 0.25) is 5.28 Å². The van der Waals surface area contributed by atoms with Crippen molar-refractivity contribution < 1.29 is 23.7 Å². The van der Waals surface area contributed by atoms with Gasteiger partial charge >= 0.3 is 0 Å².